The molecular weight excluding hydrogens is 322 g/mol. The highest BCUT2D eigenvalue weighted by molar-refractivity contribution is 7.17. The van der Waals surface area contributed by atoms with E-state index in [9.17, 15) is 9.59 Å². The molecule has 0 atom stereocenters. The fraction of sp³-hybridized carbons (Fsp3) is 0.286. The minimum absolute atomic E-state index is 0.220. The van der Waals surface area contributed by atoms with Gasteiger partial charge in [-0.2, -0.15) is 16.6 Å². The average Bonchev–Trinajstić information content (AvgIpc) is 3.14. The molecule has 22 heavy (non-hydrogen) atoms. The summed E-state index contributed by atoms with van der Waals surface area (Å²) in [5, 5.41) is 15.5. The number of esters is 1. The van der Waals surface area contributed by atoms with Gasteiger partial charge in [0.15, 0.2) is 6.61 Å². The number of carbonyl (C=O) groups excluding carboxylic acids is 2. The van der Waals surface area contributed by atoms with Crippen molar-refractivity contribution in [2.75, 3.05) is 13.2 Å². The predicted molar refractivity (Wildman–Crippen MR) is 83.7 cm³/mol. The Morgan fingerprint density at radius 2 is 2.32 bits per heavy atom. The summed E-state index contributed by atoms with van der Waals surface area (Å²) in [4.78, 5) is 28.2. The SMILES string of the molecule is Cc1nc(-c2ccsc2)sc1C(=O)OCC(=O)NCCC#N. The summed E-state index contributed by atoms with van der Waals surface area (Å²) >= 11 is 2.80. The molecule has 1 amide bonds. The van der Waals surface area contributed by atoms with Crippen LogP contribution >= 0.6 is 22.7 Å². The molecule has 2 aromatic rings. The van der Waals surface area contributed by atoms with E-state index < -0.39 is 11.9 Å². The summed E-state index contributed by atoms with van der Waals surface area (Å²) in [5.41, 5.74) is 1.55. The summed E-state index contributed by atoms with van der Waals surface area (Å²) in [6, 6.07) is 3.84. The van der Waals surface area contributed by atoms with Gasteiger partial charge in [0, 0.05) is 17.5 Å². The van der Waals surface area contributed by atoms with E-state index in [4.69, 9.17) is 10.00 Å². The molecule has 0 fully saturated rings. The Bertz CT molecular complexity index is 701. The number of rotatable bonds is 6. The van der Waals surface area contributed by atoms with E-state index in [1.165, 1.54) is 11.3 Å². The quantitative estimate of drug-likeness (QED) is 0.646. The highest BCUT2D eigenvalue weighted by Gasteiger charge is 2.18. The molecule has 8 heteroatoms. The molecule has 0 saturated heterocycles. The van der Waals surface area contributed by atoms with E-state index in [1.807, 2.05) is 22.9 Å². The summed E-state index contributed by atoms with van der Waals surface area (Å²) in [6.45, 7) is 1.61. The van der Waals surface area contributed by atoms with E-state index in [1.54, 1.807) is 18.3 Å². The number of thiophene rings is 1. The van der Waals surface area contributed by atoms with Crippen LogP contribution in [0, 0.1) is 18.3 Å². The second-order valence-corrected chi connectivity index (χ2v) is 6.06. The van der Waals surface area contributed by atoms with E-state index >= 15 is 0 Å². The van der Waals surface area contributed by atoms with Crippen molar-refractivity contribution >= 4 is 34.6 Å². The lowest BCUT2D eigenvalue weighted by Crippen LogP contribution is -2.29. The average molecular weight is 335 g/mol. The summed E-state index contributed by atoms with van der Waals surface area (Å²) in [7, 11) is 0. The van der Waals surface area contributed by atoms with Gasteiger partial charge in [-0.3, -0.25) is 4.79 Å². The zero-order chi connectivity index (χ0) is 15.9. The normalized spacial score (nSPS) is 10.0. The van der Waals surface area contributed by atoms with Crippen molar-refractivity contribution in [1.82, 2.24) is 10.3 Å². The van der Waals surface area contributed by atoms with Crippen LogP contribution in [0.25, 0.3) is 10.6 Å². The van der Waals surface area contributed by atoms with Crippen LogP contribution in [0.2, 0.25) is 0 Å². The van der Waals surface area contributed by atoms with E-state index in [0.29, 0.717) is 10.6 Å². The minimum Gasteiger partial charge on any atom is -0.451 e. The lowest BCUT2D eigenvalue weighted by molar-refractivity contribution is -0.124. The number of carbonyl (C=O) groups is 2. The van der Waals surface area contributed by atoms with Gasteiger partial charge in [0.1, 0.15) is 9.88 Å². The number of aryl methyl sites for hydroxylation is 1. The molecule has 0 aliphatic carbocycles. The first kappa shape index (κ1) is 16.1. The van der Waals surface area contributed by atoms with Crippen molar-refractivity contribution in [2.45, 2.75) is 13.3 Å². The maximum atomic E-state index is 12.0. The fourth-order valence-electron chi connectivity index (χ4n) is 1.60. The summed E-state index contributed by atoms with van der Waals surface area (Å²) in [6.07, 6.45) is 0.220. The van der Waals surface area contributed by atoms with Crippen molar-refractivity contribution in [3.05, 3.63) is 27.4 Å². The Morgan fingerprint density at radius 3 is 3.00 bits per heavy atom. The van der Waals surface area contributed by atoms with Crippen LogP contribution in [-0.2, 0) is 9.53 Å². The molecule has 0 aliphatic rings. The number of thiazole rings is 1. The molecule has 0 unspecified atom stereocenters. The first-order valence-corrected chi connectivity index (χ1v) is 8.18. The maximum Gasteiger partial charge on any atom is 0.350 e. The topological polar surface area (TPSA) is 92.1 Å². The monoisotopic (exact) mass is 335 g/mol. The minimum atomic E-state index is -0.563. The number of hydrogen-bond donors (Lipinski definition) is 1. The Kier molecular flexibility index (Phi) is 5.63. The number of nitrogens with one attached hydrogen (secondary N) is 1. The number of amides is 1. The van der Waals surface area contributed by atoms with Crippen LogP contribution in [0.5, 0.6) is 0 Å². The third-order valence-corrected chi connectivity index (χ3v) is 4.51. The number of aromatic nitrogens is 1. The van der Waals surface area contributed by atoms with Crippen LogP contribution in [0.15, 0.2) is 16.8 Å². The van der Waals surface area contributed by atoms with Gasteiger partial charge in [-0.15, -0.1) is 11.3 Å². The highest BCUT2D eigenvalue weighted by Crippen LogP contribution is 2.29. The van der Waals surface area contributed by atoms with Gasteiger partial charge in [0.05, 0.1) is 18.2 Å². The van der Waals surface area contributed by atoms with Gasteiger partial charge < -0.3 is 10.1 Å². The number of nitrogens with zero attached hydrogens (tertiary/aromatic N) is 2. The molecule has 0 bridgehead atoms. The number of nitriles is 1. The molecule has 0 spiro atoms. The van der Waals surface area contributed by atoms with Gasteiger partial charge in [-0.25, -0.2) is 9.78 Å². The summed E-state index contributed by atoms with van der Waals surface area (Å²) in [5.74, 6) is -0.990. The van der Waals surface area contributed by atoms with Crippen LogP contribution in [-0.4, -0.2) is 30.0 Å². The van der Waals surface area contributed by atoms with Crippen LogP contribution in [0.1, 0.15) is 21.8 Å². The van der Waals surface area contributed by atoms with Crippen molar-refractivity contribution in [2.24, 2.45) is 0 Å². The summed E-state index contributed by atoms with van der Waals surface area (Å²) < 4.78 is 4.97. The largest absolute Gasteiger partial charge is 0.451 e. The smallest absolute Gasteiger partial charge is 0.350 e. The second kappa shape index (κ2) is 7.68. The molecular formula is C14H13N3O3S2. The number of hydrogen-bond acceptors (Lipinski definition) is 7. The standard InChI is InChI=1S/C14H13N3O3S2/c1-9-12(22-13(17-9)10-3-6-21-8-10)14(19)20-7-11(18)16-5-2-4-15/h3,6,8H,2,5,7H2,1H3,(H,16,18). The Hall–Kier alpha value is -2.24. The Morgan fingerprint density at radius 1 is 1.50 bits per heavy atom. The number of ether oxygens (including phenoxy) is 1. The van der Waals surface area contributed by atoms with Gasteiger partial charge in [0.2, 0.25) is 0 Å². The first-order valence-electron chi connectivity index (χ1n) is 6.42. The molecule has 2 rings (SSSR count). The van der Waals surface area contributed by atoms with E-state index in [2.05, 4.69) is 10.3 Å². The zero-order valence-corrected chi connectivity index (χ0v) is 13.4. The Balaban J connectivity index is 1.93. The van der Waals surface area contributed by atoms with Gasteiger partial charge in [0.25, 0.3) is 5.91 Å². The van der Waals surface area contributed by atoms with E-state index in [-0.39, 0.29) is 19.6 Å². The molecule has 0 radical (unpaired) electrons. The van der Waals surface area contributed by atoms with E-state index in [0.717, 1.165) is 10.6 Å². The predicted octanol–water partition coefficient (Wildman–Crippen LogP) is 2.37. The molecule has 6 nitrogen and oxygen atoms in total. The Labute approximate surface area is 135 Å². The van der Waals surface area contributed by atoms with Crippen LogP contribution in [0.3, 0.4) is 0 Å². The van der Waals surface area contributed by atoms with Gasteiger partial charge in [-0.05, 0) is 18.4 Å². The fourth-order valence-corrected chi connectivity index (χ4v) is 3.27. The third kappa shape index (κ3) is 4.13. The van der Waals surface area contributed by atoms with Gasteiger partial charge in [-0.1, -0.05) is 0 Å². The first-order chi connectivity index (χ1) is 10.6. The molecule has 0 aliphatic heterocycles. The second-order valence-electron chi connectivity index (χ2n) is 4.28. The van der Waals surface area contributed by atoms with Crippen molar-refractivity contribution < 1.29 is 14.3 Å². The van der Waals surface area contributed by atoms with Crippen molar-refractivity contribution in [1.29, 1.82) is 5.26 Å². The lowest BCUT2D eigenvalue weighted by Gasteiger charge is -2.04. The van der Waals surface area contributed by atoms with Crippen LogP contribution in [0.4, 0.5) is 0 Å². The molecule has 1 N–H and O–H groups in total. The molecule has 2 aromatic heterocycles. The molecule has 0 saturated carbocycles. The molecule has 114 valence electrons. The van der Waals surface area contributed by atoms with Gasteiger partial charge >= 0.3 is 5.97 Å². The van der Waals surface area contributed by atoms with Crippen molar-refractivity contribution in [3.63, 3.8) is 0 Å². The zero-order valence-electron chi connectivity index (χ0n) is 11.8. The molecule has 0 aromatic carbocycles. The van der Waals surface area contributed by atoms with Crippen molar-refractivity contribution in [3.8, 4) is 16.6 Å². The third-order valence-electron chi connectivity index (χ3n) is 2.64. The highest BCUT2D eigenvalue weighted by atomic mass is 32.1. The maximum absolute atomic E-state index is 12.0. The van der Waals surface area contributed by atoms with Crippen LogP contribution < -0.4 is 5.32 Å². The molecule has 2 heterocycles. The lowest BCUT2D eigenvalue weighted by atomic mass is 10.3.